The molecule has 0 amide bonds. The lowest BCUT2D eigenvalue weighted by atomic mass is 10.1. The van der Waals surface area contributed by atoms with Gasteiger partial charge in [0.25, 0.3) is 0 Å². The van der Waals surface area contributed by atoms with Gasteiger partial charge in [0.1, 0.15) is 0 Å². The largest absolute Gasteiger partial charge is 0.383 e. The van der Waals surface area contributed by atoms with Gasteiger partial charge in [-0.3, -0.25) is 4.90 Å². The summed E-state index contributed by atoms with van der Waals surface area (Å²) in [5, 5.41) is 3.22. The van der Waals surface area contributed by atoms with E-state index in [-0.39, 0.29) is 0 Å². The van der Waals surface area contributed by atoms with Crippen LogP contribution in [0.5, 0.6) is 0 Å². The molecule has 1 N–H and O–H groups in total. The summed E-state index contributed by atoms with van der Waals surface area (Å²) in [6, 6.07) is 8.61. The Labute approximate surface area is 105 Å². The topological polar surface area (TPSA) is 24.5 Å². The van der Waals surface area contributed by atoms with Crippen LogP contribution in [0.15, 0.2) is 24.3 Å². The molecule has 0 bridgehead atoms. The maximum atomic E-state index is 5.14. The van der Waals surface area contributed by atoms with E-state index in [1.54, 1.807) is 7.11 Å². The Hall–Kier alpha value is -0.900. The summed E-state index contributed by atoms with van der Waals surface area (Å²) in [6.45, 7) is 6.95. The normalized spacial score (nSPS) is 11.1. The zero-order valence-electron chi connectivity index (χ0n) is 11.2. The molecule has 0 radical (unpaired) electrons. The highest BCUT2D eigenvalue weighted by molar-refractivity contribution is 5.26. The summed E-state index contributed by atoms with van der Waals surface area (Å²) in [7, 11) is 3.74. The van der Waals surface area contributed by atoms with Crippen LogP contribution in [0.3, 0.4) is 0 Å². The lowest BCUT2D eigenvalue weighted by molar-refractivity contribution is 0.147. The highest BCUT2D eigenvalue weighted by atomic mass is 16.5. The first-order valence-electron chi connectivity index (χ1n) is 6.24. The average molecular weight is 236 g/mol. The summed E-state index contributed by atoms with van der Waals surface area (Å²) in [6.07, 6.45) is 0. The van der Waals surface area contributed by atoms with Crippen LogP contribution in [0, 0.1) is 0 Å². The van der Waals surface area contributed by atoms with Crippen molar-refractivity contribution in [2.75, 3.05) is 33.9 Å². The second kappa shape index (κ2) is 8.23. The predicted octanol–water partition coefficient (Wildman–Crippen LogP) is 1.87. The number of methoxy groups -OCH3 is 1. The van der Waals surface area contributed by atoms with Crippen LogP contribution in [-0.2, 0) is 17.8 Å². The molecule has 0 heterocycles. The van der Waals surface area contributed by atoms with Gasteiger partial charge < -0.3 is 10.1 Å². The highest BCUT2D eigenvalue weighted by Crippen LogP contribution is 2.11. The zero-order valence-corrected chi connectivity index (χ0v) is 11.2. The molecule has 1 rings (SSSR count). The van der Waals surface area contributed by atoms with Gasteiger partial charge in [-0.1, -0.05) is 31.2 Å². The van der Waals surface area contributed by atoms with Crippen molar-refractivity contribution in [3.63, 3.8) is 0 Å². The van der Waals surface area contributed by atoms with Gasteiger partial charge in [0.2, 0.25) is 0 Å². The molecule has 0 saturated heterocycles. The van der Waals surface area contributed by atoms with Crippen molar-refractivity contribution in [2.45, 2.75) is 20.0 Å². The van der Waals surface area contributed by atoms with E-state index in [4.69, 9.17) is 4.74 Å². The molecule has 1 aromatic carbocycles. The van der Waals surface area contributed by atoms with Crippen molar-refractivity contribution >= 4 is 0 Å². The SMILES string of the molecule is CCN(CCOC)Cc1ccccc1CNC. The minimum atomic E-state index is 0.794. The molecule has 0 aliphatic heterocycles. The van der Waals surface area contributed by atoms with Crippen LogP contribution in [-0.4, -0.2) is 38.8 Å². The Balaban J connectivity index is 2.64. The minimum Gasteiger partial charge on any atom is -0.383 e. The summed E-state index contributed by atoms with van der Waals surface area (Å²) in [5.41, 5.74) is 2.78. The van der Waals surface area contributed by atoms with E-state index in [0.717, 1.165) is 32.8 Å². The highest BCUT2D eigenvalue weighted by Gasteiger charge is 2.06. The maximum Gasteiger partial charge on any atom is 0.0589 e. The first kappa shape index (κ1) is 14.2. The van der Waals surface area contributed by atoms with Crippen LogP contribution in [0.2, 0.25) is 0 Å². The third kappa shape index (κ3) is 4.86. The van der Waals surface area contributed by atoms with Crippen LogP contribution >= 0.6 is 0 Å². The Morgan fingerprint density at radius 3 is 2.53 bits per heavy atom. The van der Waals surface area contributed by atoms with E-state index in [2.05, 4.69) is 41.4 Å². The standard InChI is InChI=1S/C14H24N2O/c1-4-16(9-10-17-3)12-14-8-6-5-7-13(14)11-15-2/h5-8,15H,4,9-12H2,1-3H3. The molecule has 3 heteroatoms. The molecule has 0 fully saturated rings. The number of nitrogens with one attached hydrogen (secondary N) is 1. The minimum absolute atomic E-state index is 0.794. The quantitative estimate of drug-likeness (QED) is 0.746. The molecule has 0 aromatic heterocycles. The average Bonchev–Trinajstić information content (AvgIpc) is 2.36. The van der Waals surface area contributed by atoms with Gasteiger partial charge in [0.05, 0.1) is 6.61 Å². The van der Waals surface area contributed by atoms with Crippen molar-refractivity contribution < 1.29 is 4.74 Å². The van der Waals surface area contributed by atoms with Gasteiger partial charge >= 0.3 is 0 Å². The Kier molecular flexibility index (Phi) is 6.86. The van der Waals surface area contributed by atoms with Crippen molar-refractivity contribution in [1.82, 2.24) is 10.2 Å². The van der Waals surface area contributed by atoms with E-state index >= 15 is 0 Å². The lowest BCUT2D eigenvalue weighted by Crippen LogP contribution is -2.27. The van der Waals surface area contributed by atoms with E-state index in [9.17, 15) is 0 Å². The van der Waals surface area contributed by atoms with E-state index in [1.165, 1.54) is 11.1 Å². The molecule has 0 aliphatic rings. The van der Waals surface area contributed by atoms with Crippen LogP contribution in [0.25, 0.3) is 0 Å². The fourth-order valence-corrected chi connectivity index (χ4v) is 1.88. The van der Waals surface area contributed by atoms with Gasteiger partial charge in [0.15, 0.2) is 0 Å². The Morgan fingerprint density at radius 1 is 1.24 bits per heavy atom. The molecule has 0 atom stereocenters. The van der Waals surface area contributed by atoms with Crippen molar-refractivity contribution in [3.05, 3.63) is 35.4 Å². The van der Waals surface area contributed by atoms with Gasteiger partial charge in [-0.15, -0.1) is 0 Å². The molecular weight excluding hydrogens is 212 g/mol. The number of hydrogen-bond acceptors (Lipinski definition) is 3. The molecule has 0 spiro atoms. The van der Waals surface area contributed by atoms with Crippen LogP contribution in [0.1, 0.15) is 18.1 Å². The first-order valence-corrected chi connectivity index (χ1v) is 6.24. The molecule has 1 aromatic rings. The van der Waals surface area contributed by atoms with Gasteiger partial charge in [-0.2, -0.15) is 0 Å². The summed E-state index contributed by atoms with van der Waals surface area (Å²) >= 11 is 0. The van der Waals surface area contributed by atoms with Gasteiger partial charge in [-0.25, -0.2) is 0 Å². The fourth-order valence-electron chi connectivity index (χ4n) is 1.88. The number of rotatable bonds is 8. The van der Waals surface area contributed by atoms with Crippen LogP contribution < -0.4 is 5.32 Å². The lowest BCUT2D eigenvalue weighted by Gasteiger charge is -2.21. The van der Waals surface area contributed by atoms with E-state index in [0.29, 0.717) is 0 Å². The first-order chi connectivity index (χ1) is 8.31. The van der Waals surface area contributed by atoms with Gasteiger partial charge in [-0.05, 0) is 24.7 Å². The Bertz CT molecular complexity index is 315. The maximum absolute atomic E-state index is 5.14. The van der Waals surface area contributed by atoms with Crippen LogP contribution in [0.4, 0.5) is 0 Å². The molecule has 0 saturated carbocycles. The second-order valence-electron chi connectivity index (χ2n) is 4.16. The number of ether oxygens (including phenoxy) is 1. The molecular formula is C14H24N2O. The number of nitrogens with zero attached hydrogens (tertiary/aromatic N) is 1. The number of hydrogen-bond donors (Lipinski definition) is 1. The summed E-state index contributed by atoms with van der Waals surface area (Å²) < 4.78 is 5.14. The fraction of sp³-hybridized carbons (Fsp3) is 0.571. The smallest absolute Gasteiger partial charge is 0.0589 e. The zero-order chi connectivity index (χ0) is 12.5. The molecule has 96 valence electrons. The summed E-state index contributed by atoms with van der Waals surface area (Å²) in [4.78, 5) is 2.40. The predicted molar refractivity (Wildman–Crippen MR) is 72.0 cm³/mol. The number of likely N-dealkylation sites (N-methyl/N-ethyl adjacent to an activating group) is 1. The third-order valence-corrected chi connectivity index (χ3v) is 2.94. The molecule has 0 unspecified atom stereocenters. The Morgan fingerprint density at radius 2 is 1.94 bits per heavy atom. The van der Waals surface area contributed by atoms with E-state index < -0.39 is 0 Å². The second-order valence-corrected chi connectivity index (χ2v) is 4.16. The molecule has 17 heavy (non-hydrogen) atoms. The summed E-state index contributed by atoms with van der Waals surface area (Å²) in [5.74, 6) is 0. The molecule has 3 nitrogen and oxygen atoms in total. The monoisotopic (exact) mass is 236 g/mol. The molecule has 0 aliphatic carbocycles. The van der Waals surface area contributed by atoms with Crippen molar-refractivity contribution in [1.29, 1.82) is 0 Å². The number of benzene rings is 1. The van der Waals surface area contributed by atoms with Crippen molar-refractivity contribution in [2.24, 2.45) is 0 Å². The van der Waals surface area contributed by atoms with Crippen molar-refractivity contribution in [3.8, 4) is 0 Å². The van der Waals surface area contributed by atoms with E-state index in [1.807, 2.05) is 7.05 Å². The van der Waals surface area contributed by atoms with Gasteiger partial charge in [0, 0.05) is 26.7 Å². The third-order valence-electron chi connectivity index (χ3n) is 2.94.